The van der Waals surface area contributed by atoms with Crippen molar-refractivity contribution in [2.75, 3.05) is 14.1 Å². The van der Waals surface area contributed by atoms with Gasteiger partial charge < -0.3 is 14.9 Å². The van der Waals surface area contributed by atoms with Gasteiger partial charge in [-0.05, 0) is 20.8 Å². The number of carbonyl (C=O) groups is 2. The summed E-state index contributed by atoms with van der Waals surface area (Å²) in [5.74, 6) is -1.04. The van der Waals surface area contributed by atoms with E-state index < -0.39 is 11.5 Å². The molecule has 19 heavy (non-hydrogen) atoms. The highest BCUT2D eigenvalue weighted by Crippen LogP contribution is 2.16. The molecule has 0 aliphatic rings. The smallest absolute Gasteiger partial charge is 0.329 e. The SMILES string of the molecule is Cc1nc(CN(C)C(=O)N(C)C(C)(C)C(=O)O)cs1. The topological polar surface area (TPSA) is 73.7 Å². The number of likely N-dealkylation sites (N-methyl/N-ethyl adjacent to an activating group) is 1. The van der Waals surface area contributed by atoms with Gasteiger partial charge in [0, 0.05) is 19.5 Å². The lowest BCUT2D eigenvalue weighted by molar-refractivity contribution is -0.147. The van der Waals surface area contributed by atoms with Crippen molar-refractivity contribution >= 4 is 23.3 Å². The number of aliphatic carboxylic acids is 1. The molecule has 0 unspecified atom stereocenters. The molecule has 0 saturated heterocycles. The third-order valence-electron chi connectivity index (χ3n) is 3.04. The summed E-state index contributed by atoms with van der Waals surface area (Å²) < 4.78 is 0. The number of urea groups is 1. The molecule has 1 rings (SSSR count). The zero-order valence-electron chi connectivity index (χ0n) is 11.8. The maximum absolute atomic E-state index is 12.2. The number of carboxylic acids is 1. The Morgan fingerprint density at radius 2 is 2.00 bits per heavy atom. The lowest BCUT2D eigenvalue weighted by Crippen LogP contribution is -2.54. The molecule has 0 radical (unpaired) electrons. The molecule has 0 atom stereocenters. The Labute approximate surface area is 116 Å². The molecule has 0 aliphatic carbocycles. The van der Waals surface area contributed by atoms with Gasteiger partial charge in [-0.15, -0.1) is 11.3 Å². The standard InChI is InChI=1S/C12H19N3O3S/c1-8-13-9(7-19-8)6-14(4)11(18)15(5)12(2,3)10(16)17/h7H,6H2,1-5H3,(H,16,17). The van der Waals surface area contributed by atoms with Crippen LogP contribution in [0.25, 0.3) is 0 Å². The van der Waals surface area contributed by atoms with E-state index in [1.807, 2.05) is 12.3 Å². The molecule has 0 aromatic carbocycles. The Balaban J connectivity index is 2.74. The van der Waals surface area contributed by atoms with Crippen LogP contribution in [-0.4, -0.2) is 51.5 Å². The second-order valence-corrected chi connectivity index (χ2v) is 5.98. The second kappa shape index (κ2) is 5.56. The van der Waals surface area contributed by atoms with Crippen molar-refractivity contribution in [2.24, 2.45) is 0 Å². The van der Waals surface area contributed by atoms with Crippen LogP contribution < -0.4 is 0 Å². The van der Waals surface area contributed by atoms with Crippen LogP contribution in [-0.2, 0) is 11.3 Å². The normalized spacial score (nSPS) is 11.2. The predicted molar refractivity (Wildman–Crippen MR) is 73.2 cm³/mol. The van der Waals surface area contributed by atoms with Gasteiger partial charge in [-0.3, -0.25) is 0 Å². The zero-order chi connectivity index (χ0) is 14.8. The maximum Gasteiger partial charge on any atom is 0.329 e. The van der Waals surface area contributed by atoms with E-state index in [2.05, 4.69) is 4.98 Å². The van der Waals surface area contributed by atoms with Crippen molar-refractivity contribution in [2.45, 2.75) is 32.9 Å². The summed E-state index contributed by atoms with van der Waals surface area (Å²) in [4.78, 5) is 30.3. The van der Waals surface area contributed by atoms with Gasteiger partial charge in [0.25, 0.3) is 0 Å². The molecule has 0 bridgehead atoms. The molecule has 0 spiro atoms. The summed E-state index contributed by atoms with van der Waals surface area (Å²) in [5, 5.41) is 11.9. The molecule has 1 heterocycles. The van der Waals surface area contributed by atoms with E-state index in [9.17, 15) is 9.59 Å². The van der Waals surface area contributed by atoms with Crippen molar-refractivity contribution in [3.63, 3.8) is 0 Å². The van der Waals surface area contributed by atoms with E-state index >= 15 is 0 Å². The van der Waals surface area contributed by atoms with Crippen LogP contribution in [0.4, 0.5) is 4.79 Å². The third kappa shape index (κ3) is 3.44. The molecule has 7 heteroatoms. The number of carbonyl (C=O) groups excluding carboxylic acids is 1. The Bertz CT molecular complexity index is 484. The first-order valence-corrected chi connectivity index (χ1v) is 6.67. The maximum atomic E-state index is 12.2. The Morgan fingerprint density at radius 3 is 2.42 bits per heavy atom. The summed E-state index contributed by atoms with van der Waals surface area (Å²) in [6.45, 7) is 5.25. The molecule has 1 aromatic heterocycles. The summed E-state index contributed by atoms with van der Waals surface area (Å²) in [6, 6.07) is -0.349. The molecule has 0 fully saturated rings. The minimum absolute atomic E-state index is 0.349. The molecule has 0 saturated carbocycles. The highest BCUT2D eigenvalue weighted by atomic mass is 32.1. The van der Waals surface area contributed by atoms with Crippen molar-refractivity contribution in [3.8, 4) is 0 Å². The number of hydrogen-bond donors (Lipinski definition) is 1. The number of hydrogen-bond acceptors (Lipinski definition) is 4. The molecule has 1 aromatic rings. The zero-order valence-corrected chi connectivity index (χ0v) is 12.6. The number of carboxylic acid groups (broad SMARTS) is 1. The van der Waals surface area contributed by atoms with Crippen molar-refractivity contribution in [1.82, 2.24) is 14.8 Å². The van der Waals surface area contributed by atoms with Crippen molar-refractivity contribution in [3.05, 3.63) is 16.1 Å². The predicted octanol–water partition coefficient (Wildman–Crippen LogP) is 1.80. The molecule has 2 amide bonds. The van der Waals surface area contributed by atoms with E-state index in [-0.39, 0.29) is 6.03 Å². The summed E-state index contributed by atoms with van der Waals surface area (Å²) in [5.41, 5.74) is -0.441. The molecular weight excluding hydrogens is 266 g/mol. The van der Waals surface area contributed by atoms with Gasteiger partial charge in [-0.1, -0.05) is 0 Å². The minimum atomic E-state index is -1.25. The highest BCUT2D eigenvalue weighted by Gasteiger charge is 2.36. The number of thiazole rings is 1. The van der Waals surface area contributed by atoms with E-state index in [0.29, 0.717) is 6.54 Å². The van der Waals surface area contributed by atoms with Gasteiger partial charge in [0.15, 0.2) is 0 Å². The minimum Gasteiger partial charge on any atom is -0.480 e. The van der Waals surface area contributed by atoms with Crippen LogP contribution in [0.2, 0.25) is 0 Å². The Kier molecular flexibility index (Phi) is 4.52. The molecule has 106 valence electrons. The van der Waals surface area contributed by atoms with E-state index in [1.54, 1.807) is 7.05 Å². The summed E-state index contributed by atoms with van der Waals surface area (Å²) in [6.07, 6.45) is 0. The van der Waals surface area contributed by atoms with Gasteiger partial charge >= 0.3 is 12.0 Å². The molecular formula is C12H19N3O3S. The summed E-state index contributed by atoms with van der Waals surface area (Å²) in [7, 11) is 3.12. The fraction of sp³-hybridized carbons (Fsp3) is 0.583. The quantitative estimate of drug-likeness (QED) is 0.915. The average molecular weight is 285 g/mol. The van der Waals surface area contributed by atoms with Crippen LogP contribution in [0, 0.1) is 6.92 Å². The lowest BCUT2D eigenvalue weighted by atomic mass is 10.0. The van der Waals surface area contributed by atoms with Crippen LogP contribution in [0.15, 0.2) is 5.38 Å². The van der Waals surface area contributed by atoms with E-state index in [4.69, 9.17) is 5.11 Å². The third-order valence-corrected chi connectivity index (χ3v) is 3.86. The van der Waals surface area contributed by atoms with Crippen LogP contribution in [0.5, 0.6) is 0 Å². The average Bonchev–Trinajstić information content (AvgIpc) is 2.72. The first-order valence-electron chi connectivity index (χ1n) is 5.79. The first kappa shape index (κ1) is 15.4. The molecule has 0 aliphatic heterocycles. The van der Waals surface area contributed by atoms with Crippen LogP contribution in [0.1, 0.15) is 24.5 Å². The fourth-order valence-electron chi connectivity index (χ4n) is 1.43. The monoisotopic (exact) mass is 285 g/mol. The van der Waals surface area contributed by atoms with Crippen molar-refractivity contribution < 1.29 is 14.7 Å². The van der Waals surface area contributed by atoms with Crippen molar-refractivity contribution in [1.29, 1.82) is 0 Å². The largest absolute Gasteiger partial charge is 0.480 e. The van der Waals surface area contributed by atoms with Gasteiger partial charge in [-0.25, -0.2) is 14.6 Å². The van der Waals surface area contributed by atoms with E-state index in [1.165, 1.54) is 42.0 Å². The lowest BCUT2D eigenvalue weighted by Gasteiger charge is -2.34. The van der Waals surface area contributed by atoms with Gasteiger partial charge in [0.05, 0.1) is 17.2 Å². The highest BCUT2D eigenvalue weighted by molar-refractivity contribution is 7.09. The number of amides is 2. The second-order valence-electron chi connectivity index (χ2n) is 4.92. The van der Waals surface area contributed by atoms with Crippen LogP contribution in [0.3, 0.4) is 0 Å². The fourth-order valence-corrected chi connectivity index (χ4v) is 2.03. The Hall–Kier alpha value is -1.63. The van der Waals surface area contributed by atoms with Gasteiger partial charge in [-0.2, -0.15) is 0 Å². The first-order chi connectivity index (χ1) is 8.66. The molecule has 1 N–H and O–H groups in total. The summed E-state index contributed by atoms with van der Waals surface area (Å²) >= 11 is 1.52. The number of aryl methyl sites for hydroxylation is 1. The van der Waals surface area contributed by atoms with Crippen LogP contribution >= 0.6 is 11.3 Å². The number of rotatable bonds is 4. The molecule has 6 nitrogen and oxygen atoms in total. The number of nitrogens with zero attached hydrogens (tertiary/aromatic N) is 3. The van der Waals surface area contributed by atoms with Gasteiger partial charge in [0.2, 0.25) is 0 Å². The van der Waals surface area contributed by atoms with E-state index in [0.717, 1.165) is 10.7 Å². The van der Waals surface area contributed by atoms with Gasteiger partial charge in [0.1, 0.15) is 5.54 Å². The number of aromatic nitrogens is 1. The Morgan fingerprint density at radius 1 is 1.42 bits per heavy atom.